The average Bonchev–Trinajstić information content (AvgIpc) is 2.59. The van der Waals surface area contributed by atoms with Crippen molar-refractivity contribution >= 4 is 11.9 Å². The molecule has 2 fully saturated rings. The summed E-state index contributed by atoms with van der Waals surface area (Å²) >= 11 is 0. The van der Waals surface area contributed by atoms with Crippen molar-refractivity contribution in [3.63, 3.8) is 0 Å². The highest BCUT2D eigenvalue weighted by Gasteiger charge is 2.61. The van der Waals surface area contributed by atoms with Crippen molar-refractivity contribution in [3.8, 4) is 0 Å². The Morgan fingerprint density at radius 2 is 1.38 bits per heavy atom. The highest BCUT2D eigenvalue weighted by atomic mass is 16.4. The molecule has 2 rings (SSSR count). The molecule has 0 aliphatic heterocycles. The van der Waals surface area contributed by atoms with E-state index in [1.165, 1.54) is 32.1 Å². The lowest BCUT2D eigenvalue weighted by Gasteiger charge is -2.50. The Hall–Kier alpha value is -1.06. The Morgan fingerprint density at radius 3 is 1.88 bits per heavy atom. The molecule has 4 heteroatoms. The van der Waals surface area contributed by atoms with Crippen LogP contribution in [0.4, 0.5) is 0 Å². The predicted octanol–water partition coefficient (Wildman–Crippen LogP) is 5.25. The zero-order chi connectivity index (χ0) is 17.6. The van der Waals surface area contributed by atoms with Crippen molar-refractivity contribution in [1.29, 1.82) is 0 Å². The van der Waals surface area contributed by atoms with Gasteiger partial charge in [0.25, 0.3) is 0 Å². The number of rotatable bonds is 8. The number of carbonyl (C=O) groups is 2. The number of hydrogen-bond acceptors (Lipinski definition) is 2. The normalized spacial score (nSPS) is 30.0. The van der Waals surface area contributed by atoms with Crippen LogP contribution in [-0.2, 0) is 9.59 Å². The molecule has 4 nitrogen and oxygen atoms in total. The number of carboxylic acids is 2. The standard InChI is InChI=1S/C20H34O4/c1-2-3-4-6-9-16-10-14-20(15-11-16,18(23)24)19(17(21)22)12-7-5-8-13-19/h16H,2-15H2,1H3,(H,21,22)(H,23,24)/t16-,20-. The second-order valence-electron chi connectivity index (χ2n) is 8.13. The summed E-state index contributed by atoms with van der Waals surface area (Å²) in [5, 5.41) is 20.0. The number of unbranched alkanes of at least 4 members (excludes halogenated alkanes) is 3. The van der Waals surface area contributed by atoms with Gasteiger partial charge in [0.15, 0.2) is 0 Å². The van der Waals surface area contributed by atoms with Gasteiger partial charge in [-0.25, -0.2) is 0 Å². The summed E-state index contributed by atoms with van der Waals surface area (Å²) in [5.74, 6) is -1.15. The summed E-state index contributed by atoms with van der Waals surface area (Å²) in [7, 11) is 0. The van der Waals surface area contributed by atoms with E-state index in [0.717, 1.165) is 32.1 Å². The summed E-state index contributed by atoms with van der Waals surface area (Å²) in [6, 6.07) is 0. The third-order valence-corrected chi connectivity index (χ3v) is 6.87. The van der Waals surface area contributed by atoms with Gasteiger partial charge in [0.05, 0.1) is 10.8 Å². The zero-order valence-electron chi connectivity index (χ0n) is 15.2. The van der Waals surface area contributed by atoms with Gasteiger partial charge < -0.3 is 10.2 Å². The molecule has 0 amide bonds. The molecule has 0 atom stereocenters. The molecule has 0 saturated heterocycles. The Labute approximate surface area is 146 Å². The van der Waals surface area contributed by atoms with Gasteiger partial charge in [-0.05, 0) is 44.4 Å². The summed E-state index contributed by atoms with van der Waals surface area (Å²) in [5.41, 5.74) is -2.08. The fourth-order valence-corrected chi connectivity index (χ4v) is 5.27. The third kappa shape index (κ3) is 3.62. The maximum Gasteiger partial charge on any atom is 0.310 e. The highest BCUT2D eigenvalue weighted by Crippen LogP contribution is 2.58. The molecular formula is C20H34O4. The molecule has 0 aromatic heterocycles. The third-order valence-electron chi connectivity index (χ3n) is 6.87. The fourth-order valence-electron chi connectivity index (χ4n) is 5.27. The molecule has 0 aromatic rings. The van der Waals surface area contributed by atoms with Gasteiger partial charge in [-0.15, -0.1) is 0 Å². The monoisotopic (exact) mass is 338 g/mol. The SMILES string of the molecule is CCCCCC[C@H]1CC[C@](C(=O)O)(C2(C(=O)O)CCCCC2)CC1. The second kappa shape index (κ2) is 8.35. The maximum atomic E-state index is 12.2. The maximum absolute atomic E-state index is 12.2. The molecule has 0 aromatic carbocycles. The van der Waals surface area contributed by atoms with Crippen LogP contribution in [0.15, 0.2) is 0 Å². The van der Waals surface area contributed by atoms with Crippen molar-refractivity contribution < 1.29 is 19.8 Å². The van der Waals surface area contributed by atoms with Gasteiger partial charge >= 0.3 is 11.9 Å². The molecular weight excluding hydrogens is 304 g/mol. The summed E-state index contributed by atoms with van der Waals surface area (Å²) in [4.78, 5) is 24.4. The van der Waals surface area contributed by atoms with Crippen LogP contribution >= 0.6 is 0 Å². The molecule has 0 bridgehead atoms. The van der Waals surface area contributed by atoms with Crippen LogP contribution in [-0.4, -0.2) is 22.2 Å². The zero-order valence-corrected chi connectivity index (χ0v) is 15.2. The molecule has 0 heterocycles. The highest BCUT2D eigenvalue weighted by molar-refractivity contribution is 5.87. The molecule has 24 heavy (non-hydrogen) atoms. The van der Waals surface area contributed by atoms with E-state index in [1.54, 1.807) is 0 Å². The van der Waals surface area contributed by atoms with Crippen LogP contribution in [0, 0.1) is 16.7 Å². The fraction of sp³-hybridized carbons (Fsp3) is 0.900. The van der Waals surface area contributed by atoms with E-state index in [0.29, 0.717) is 31.6 Å². The van der Waals surface area contributed by atoms with E-state index in [2.05, 4.69) is 6.92 Å². The Bertz CT molecular complexity index is 429. The van der Waals surface area contributed by atoms with Crippen molar-refractivity contribution in [1.82, 2.24) is 0 Å². The van der Waals surface area contributed by atoms with Gasteiger partial charge in [0, 0.05) is 0 Å². The summed E-state index contributed by atoms with van der Waals surface area (Å²) in [6.45, 7) is 2.21. The van der Waals surface area contributed by atoms with Crippen molar-refractivity contribution in [2.75, 3.05) is 0 Å². The lowest BCUT2D eigenvalue weighted by molar-refractivity contribution is -0.183. The molecule has 2 aliphatic carbocycles. The molecule has 2 saturated carbocycles. The van der Waals surface area contributed by atoms with Crippen LogP contribution < -0.4 is 0 Å². The van der Waals surface area contributed by atoms with Crippen LogP contribution in [0.2, 0.25) is 0 Å². The van der Waals surface area contributed by atoms with Crippen LogP contribution in [0.5, 0.6) is 0 Å². The van der Waals surface area contributed by atoms with E-state index in [-0.39, 0.29) is 0 Å². The van der Waals surface area contributed by atoms with Crippen molar-refractivity contribution in [3.05, 3.63) is 0 Å². The van der Waals surface area contributed by atoms with Crippen LogP contribution in [0.25, 0.3) is 0 Å². The van der Waals surface area contributed by atoms with Crippen LogP contribution in [0.1, 0.15) is 96.8 Å². The minimum absolute atomic E-state index is 0.538. The Balaban J connectivity index is 2.07. The number of aliphatic carboxylic acids is 2. The van der Waals surface area contributed by atoms with Gasteiger partial charge in [-0.1, -0.05) is 58.3 Å². The largest absolute Gasteiger partial charge is 0.481 e. The molecule has 2 aliphatic rings. The first kappa shape index (κ1) is 19.3. The molecule has 0 radical (unpaired) electrons. The lowest BCUT2D eigenvalue weighted by atomic mass is 9.51. The molecule has 0 spiro atoms. The van der Waals surface area contributed by atoms with E-state index >= 15 is 0 Å². The van der Waals surface area contributed by atoms with Gasteiger partial charge in [0.1, 0.15) is 0 Å². The Kier molecular flexibility index (Phi) is 6.70. The molecule has 2 N–H and O–H groups in total. The van der Waals surface area contributed by atoms with E-state index < -0.39 is 22.8 Å². The minimum Gasteiger partial charge on any atom is -0.481 e. The summed E-state index contributed by atoms with van der Waals surface area (Å²) < 4.78 is 0. The first-order valence-electron chi connectivity index (χ1n) is 9.95. The molecule has 0 unspecified atom stereocenters. The smallest absolute Gasteiger partial charge is 0.310 e. The predicted molar refractivity (Wildman–Crippen MR) is 93.9 cm³/mol. The first-order chi connectivity index (χ1) is 11.5. The average molecular weight is 338 g/mol. The van der Waals surface area contributed by atoms with Gasteiger partial charge in [-0.3, -0.25) is 9.59 Å². The first-order valence-corrected chi connectivity index (χ1v) is 9.95. The van der Waals surface area contributed by atoms with Crippen molar-refractivity contribution in [2.45, 2.75) is 96.8 Å². The Morgan fingerprint density at radius 1 is 0.833 bits per heavy atom. The lowest BCUT2D eigenvalue weighted by Crippen LogP contribution is -2.55. The van der Waals surface area contributed by atoms with Crippen LogP contribution in [0.3, 0.4) is 0 Å². The topological polar surface area (TPSA) is 74.6 Å². The van der Waals surface area contributed by atoms with E-state index in [9.17, 15) is 19.8 Å². The second-order valence-corrected chi connectivity index (χ2v) is 8.13. The van der Waals surface area contributed by atoms with Crippen molar-refractivity contribution in [2.24, 2.45) is 16.7 Å². The van der Waals surface area contributed by atoms with Gasteiger partial charge in [-0.2, -0.15) is 0 Å². The van der Waals surface area contributed by atoms with E-state index in [4.69, 9.17) is 0 Å². The van der Waals surface area contributed by atoms with Gasteiger partial charge in [0.2, 0.25) is 0 Å². The molecule has 138 valence electrons. The number of hydrogen-bond donors (Lipinski definition) is 2. The minimum atomic E-state index is -1.04. The van der Waals surface area contributed by atoms with E-state index in [1.807, 2.05) is 0 Å². The quantitative estimate of drug-likeness (QED) is 0.592. The summed E-state index contributed by atoms with van der Waals surface area (Å²) in [6.07, 6.45) is 12.8. The number of carboxylic acid groups (broad SMARTS) is 2.